The molecule has 0 radical (unpaired) electrons. The predicted molar refractivity (Wildman–Crippen MR) is 72.5 cm³/mol. The second kappa shape index (κ2) is 6.44. The lowest BCUT2D eigenvalue weighted by Gasteiger charge is -2.16. The molecule has 0 heterocycles. The molecule has 1 unspecified atom stereocenters. The first-order valence-corrected chi connectivity index (χ1v) is 6.70. The molecule has 5 heteroatoms. The van der Waals surface area contributed by atoms with E-state index >= 15 is 0 Å². The van der Waals surface area contributed by atoms with Gasteiger partial charge < -0.3 is 10.8 Å². The van der Waals surface area contributed by atoms with Crippen molar-refractivity contribution in [2.45, 2.75) is 24.9 Å². The van der Waals surface area contributed by atoms with Gasteiger partial charge in [-0.05, 0) is 17.5 Å². The molecule has 0 spiro atoms. The van der Waals surface area contributed by atoms with Crippen LogP contribution < -0.4 is 5.73 Å². The van der Waals surface area contributed by atoms with Gasteiger partial charge >= 0.3 is 5.97 Å². The number of carbonyl (C=O) groups is 2. The number of hydrogen-bond acceptors (Lipinski definition) is 3. The number of hydrogen-bond donors (Lipinski definition) is 2. The van der Waals surface area contributed by atoms with E-state index in [-0.39, 0.29) is 5.92 Å². The fourth-order valence-corrected chi connectivity index (χ4v) is 2.75. The van der Waals surface area contributed by atoms with Gasteiger partial charge in [0.1, 0.15) is 5.25 Å². The van der Waals surface area contributed by atoms with E-state index in [9.17, 15) is 9.59 Å². The second-order valence-electron chi connectivity index (χ2n) is 4.34. The molecule has 98 valence electrons. The summed E-state index contributed by atoms with van der Waals surface area (Å²) in [5.41, 5.74) is 6.51. The maximum Gasteiger partial charge on any atom is 0.316 e. The van der Waals surface area contributed by atoms with E-state index in [1.165, 1.54) is 11.8 Å². The molecule has 1 aromatic carbocycles. The number of thioether (sulfide) groups is 1. The molecule has 1 rings (SSSR count). The molecule has 0 saturated heterocycles. The summed E-state index contributed by atoms with van der Waals surface area (Å²) in [7, 11) is 0. The Morgan fingerprint density at radius 2 is 1.94 bits per heavy atom. The average molecular weight is 267 g/mol. The van der Waals surface area contributed by atoms with Crippen molar-refractivity contribution in [2.75, 3.05) is 0 Å². The molecule has 1 atom stereocenters. The smallest absolute Gasteiger partial charge is 0.316 e. The molecule has 0 aromatic heterocycles. The zero-order valence-electron chi connectivity index (χ0n) is 10.4. The lowest BCUT2D eigenvalue weighted by molar-refractivity contribution is -0.137. The van der Waals surface area contributed by atoms with Crippen LogP contribution in [0.5, 0.6) is 0 Å². The molecule has 0 aliphatic rings. The van der Waals surface area contributed by atoms with Gasteiger partial charge in [-0.2, -0.15) is 0 Å². The predicted octanol–water partition coefficient (Wildman–Crippen LogP) is 2.13. The molecule has 0 aliphatic heterocycles. The third-order valence-electron chi connectivity index (χ3n) is 2.55. The molecule has 0 fully saturated rings. The van der Waals surface area contributed by atoms with E-state index in [1.807, 2.05) is 19.9 Å². The number of aliphatic carboxylic acids is 1. The van der Waals surface area contributed by atoms with Gasteiger partial charge in [0.2, 0.25) is 5.91 Å². The van der Waals surface area contributed by atoms with E-state index in [2.05, 4.69) is 0 Å². The molecular formula is C13H17NO3S. The molecule has 1 aromatic rings. The molecule has 0 aliphatic carbocycles. The standard InChI is InChI=1S/C13H17NO3S/c1-8(2)11(13(16)17)18-7-9-5-3-4-6-10(9)12(14)15/h3-6,8,11H,7H2,1-2H3,(H2,14,15)(H,16,17). The minimum Gasteiger partial charge on any atom is -0.480 e. The van der Waals surface area contributed by atoms with Crippen LogP contribution in [-0.4, -0.2) is 22.2 Å². The van der Waals surface area contributed by atoms with Gasteiger partial charge in [0.15, 0.2) is 0 Å². The Morgan fingerprint density at radius 3 is 2.44 bits per heavy atom. The fraction of sp³-hybridized carbons (Fsp3) is 0.385. The first-order valence-electron chi connectivity index (χ1n) is 5.65. The number of benzene rings is 1. The van der Waals surface area contributed by atoms with Crippen LogP contribution in [0.2, 0.25) is 0 Å². The number of carboxylic acids is 1. The van der Waals surface area contributed by atoms with Crippen LogP contribution >= 0.6 is 11.8 Å². The van der Waals surface area contributed by atoms with Crippen LogP contribution in [0.3, 0.4) is 0 Å². The summed E-state index contributed by atoms with van der Waals surface area (Å²) in [6.45, 7) is 3.73. The normalized spacial score (nSPS) is 12.4. The van der Waals surface area contributed by atoms with Crippen LogP contribution in [0.4, 0.5) is 0 Å². The minimum atomic E-state index is -0.827. The Hall–Kier alpha value is -1.49. The maximum atomic E-state index is 11.2. The summed E-state index contributed by atoms with van der Waals surface area (Å²) in [5, 5.41) is 8.61. The van der Waals surface area contributed by atoms with Crippen LogP contribution in [0.15, 0.2) is 24.3 Å². The highest BCUT2D eigenvalue weighted by Gasteiger charge is 2.22. The molecule has 4 nitrogen and oxygen atoms in total. The SMILES string of the molecule is CC(C)C(SCc1ccccc1C(N)=O)C(=O)O. The zero-order valence-corrected chi connectivity index (χ0v) is 11.2. The number of amides is 1. The largest absolute Gasteiger partial charge is 0.480 e. The quantitative estimate of drug-likeness (QED) is 0.827. The average Bonchev–Trinajstić information content (AvgIpc) is 2.28. The maximum absolute atomic E-state index is 11.2. The summed E-state index contributed by atoms with van der Waals surface area (Å²) in [6, 6.07) is 7.01. The van der Waals surface area contributed by atoms with Gasteiger partial charge in [0.25, 0.3) is 0 Å². The summed E-state index contributed by atoms with van der Waals surface area (Å²) < 4.78 is 0. The first-order chi connectivity index (χ1) is 8.43. The Balaban J connectivity index is 2.79. The summed E-state index contributed by atoms with van der Waals surface area (Å²) >= 11 is 1.32. The lowest BCUT2D eigenvalue weighted by atomic mass is 10.1. The Kier molecular flexibility index (Phi) is 5.22. The number of carboxylic acid groups (broad SMARTS) is 1. The van der Waals surface area contributed by atoms with Crippen molar-refractivity contribution in [3.8, 4) is 0 Å². The van der Waals surface area contributed by atoms with Gasteiger partial charge in [-0.3, -0.25) is 9.59 Å². The van der Waals surface area contributed by atoms with Crippen molar-refractivity contribution in [3.05, 3.63) is 35.4 Å². The number of nitrogens with two attached hydrogens (primary N) is 1. The number of primary amides is 1. The van der Waals surface area contributed by atoms with Gasteiger partial charge in [0, 0.05) is 11.3 Å². The van der Waals surface area contributed by atoms with Gasteiger partial charge in [-0.15, -0.1) is 11.8 Å². The van der Waals surface area contributed by atoms with Crippen LogP contribution in [0.25, 0.3) is 0 Å². The third kappa shape index (κ3) is 3.77. The van der Waals surface area contributed by atoms with E-state index in [4.69, 9.17) is 10.8 Å². The van der Waals surface area contributed by atoms with Gasteiger partial charge in [0.05, 0.1) is 0 Å². The molecule has 18 heavy (non-hydrogen) atoms. The van der Waals surface area contributed by atoms with Crippen molar-refractivity contribution >= 4 is 23.6 Å². The highest BCUT2D eigenvalue weighted by molar-refractivity contribution is 7.99. The Bertz CT molecular complexity index is 446. The van der Waals surface area contributed by atoms with Crippen LogP contribution in [-0.2, 0) is 10.5 Å². The van der Waals surface area contributed by atoms with Crippen LogP contribution in [0.1, 0.15) is 29.8 Å². The Morgan fingerprint density at radius 1 is 1.33 bits per heavy atom. The van der Waals surface area contributed by atoms with Crippen molar-refractivity contribution in [1.29, 1.82) is 0 Å². The molecule has 0 bridgehead atoms. The highest BCUT2D eigenvalue weighted by atomic mass is 32.2. The van der Waals surface area contributed by atoms with Crippen molar-refractivity contribution in [1.82, 2.24) is 0 Å². The molecule has 0 saturated carbocycles. The van der Waals surface area contributed by atoms with E-state index < -0.39 is 17.1 Å². The first kappa shape index (κ1) is 14.6. The lowest BCUT2D eigenvalue weighted by Crippen LogP contribution is -2.23. The fourth-order valence-electron chi connectivity index (χ4n) is 1.61. The van der Waals surface area contributed by atoms with E-state index in [0.29, 0.717) is 11.3 Å². The third-order valence-corrected chi connectivity index (χ3v) is 4.13. The highest BCUT2D eigenvalue weighted by Crippen LogP contribution is 2.25. The van der Waals surface area contributed by atoms with Crippen LogP contribution in [0, 0.1) is 5.92 Å². The second-order valence-corrected chi connectivity index (χ2v) is 5.47. The number of rotatable bonds is 6. The molecule has 1 amide bonds. The molecular weight excluding hydrogens is 250 g/mol. The van der Waals surface area contributed by atoms with Gasteiger partial charge in [-0.25, -0.2) is 0 Å². The van der Waals surface area contributed by atoms with Crippen molar-refractivity contribution in [3.63, 3.8) is 0 Å². The van der Waals surface area contributed by atoms with E-state index in [1.54, 1.807) is 18.2 Å². The summed E-state index contributed by atoms with van der Waals surface area (Å²) in [4.78, 5) is 22.3. The number of carbonyl (C=O) groups excluding carboxylic acids is 1. The van der Waals surface area contributed by atoms with Crippen molar-refractivity contribution < 1.29 is 14.7 Å². The minimum absolute atomic E-state index is 0.0354. The summed E-state index contributed by atoms with van der Waals surface area (Å²) in [6.07, 6.45) is 0. The van der Waals surface area contributed by atoms with E-state index in [0.717, 1.165) is 5.56 Å². The van der Waals surface area contributed by atoms with Crippen molar-refractivity contribution in [2.24, 2.45) is 11.7 Å². The molecule has 3 N–H and O–H groups in total. The summed E-state index contributed by atoms with van der Waals surface area (Å²) in [5.74, 6) is -0.809. The van der Waals surface area contributed by atoms with Gasteiger partial charge in [-0.1, -0.05) is 32.0 Å². The Labute approximate surface area is 111 Å². The monoisotopic (exact) mass is 267 g/mol. The zero-order chi connectivity index (χ0) is 13.7. The topological polar surface area (TPSA) is 80.4 Å².